The Morgan fingerprint density at radius 1 is 1.31 bits per heavy atom. The molecule has 0 bridgehead atoms. The molecule has 0 unspecified atom stereocenters. The number of nitrogens with zero attached hydrogens (tertiary/aromatic N) is 4. The molecule has 3 rings (SSSR count). The highest BCUT2D eigenvalue weighted by molar-refractivity contribution is 5.83. The Balaban J connectivity index is 1.79. The van der Waals surface area contributed by atoms with E-state index in [1.165, 1.54) is 11.7 Å². The largest absolute Gasteiger partial charge is 0.421 e. The zero-order valence-corrected chi connectivity index (χ0v) is 16.7. The monoisotopic (exact) mass is 411 g/mol. The second-order valence-corrected chi connectivity index (χ2v) is 7.61. The minimum Gasteiger partial charge on any atom is -0.372 e. The van der Waals surface area contributed by atoms with Gasteiger partial charge < -0.3 is 16.0 Å². The molecule has 158 valence electrons. The lowest BCUT2D eigenvalue weighted by Crippen LogP contribution is -2.45. The Hall–Kier alpha value is -2.85. The first-order valence-corrected chi connectivity index (χ1v) is 9.26. The SMILES string of the molecule is CNc1nc(Nc2cn(C(C)(C)C(=O)NCC3CC3)nc2C)ncc1C(F)(F)F. The second-order valence-electron chi connectivity index (χ2n) is 7.61. The number of rotatable bonds is 7. The number of hydrogen-bond donors (Lipinski definition) is 3. The molecular formula is C18H24F3N7O. The highest BCUT2D eigenvalue weighted by Crippen LogP contribution is 2.34. The van der Waals surface area contributed by atoms with Gasteiger partial charge in [0.25, 0.3) is 0 Å². The molecule has 2 aromatic rings. The van der Waals surface area contributed by atoms with Crippen LogP contribution in [0.3, 0.4) is 0 Å². The van der Waals surface area contributed by atoms with Crippen molar-refractivity contribution in [3.63, 3.8) is 0 Å². The van der Waals surface area contributed by atoms with E-state index in [2.05, 4.69) is 31.0 Å². The van der Waals surface area contributed by atoms with Gasteiger partial charge in [0, 0.05) is 19.8 Å². The fourth-order valence-corrected chi connectivity index (χ4v) is 2.71. The van der Waals surface area contributed by atoms with Crippen LogP contribution in [-0.2, 0) is 16.5 Å². The van der Waals surface area contributed by atoms with Crippen LogP contribution in [0.2, 0.25) is 0 Å². The lowest BCUT2D eigenvalue weighted by atomic mass is 10.1. The summed E-state index contributed by atoms with van der Waals surface area (Å²) < 4.78 is 40.5. The maximum atomic E-state index is 13.0. The molecule has 2 aromatic heterocycles. The van der Waals surface area contributed by atoms with E-state index in [1.54, 1.807) is 27.0 Å². The van der Waals surface area contributed by atoms with Gasteiger partial charge in [0.05, 0.1) is 17.6 Å². The van der Waals surface area contributed by atoms with E-state index >= 15 is 0 Å². The smallest absolute Gasteiger partial charge is 0.372 e. The summed E-state index contributed by atoms with van der Waals surface area (Å²) in [4.78, 5) is 20.2. The van der Waals surface area contributed by atoms with Crippen LogP contribution in [0.5, 0.6) is 0 Å². The zero-order valence-electron chi connectivity index (χ0n) is 16.7. The van der Waals surface area contributed by atoms with Crippen LogP contribution in [0.25, 0.3) is 0 Å². The van der Waals surface area contributed by atoms with Crippen molar-refractivity contribution >= 4 is 23.4 Å². The van der Waals surface area contributed by atoms with Crippen LogP contribution in [0, 0.1) is 12.8 Å². The van der Waals surface area contributed by atoms with Gasteiger partial charge in [-0.15, -0.1) is 0 Å². The fourth-order valence-electron chi connectivity index (χ4n) is 2.71. The summed E-state index contributed by atoms with van der Waals surface area (Å²) in [7, 11) is 1.35. The Morgan fingerprint density at radius 3 is 2.59 bits per heavy atom. The Kier molecular flexibility index (Phi) is 5.42. The fraction of sp³-hybridized carbons (Fsp3) is 0.556. The molecule has 0 atom stereocenters. The van der Waals surface area contributed by atoms with Gasteiger partial charge in [-0.25, -0.2) is 4.98 Å². The number of anilines is 3. The lowest BCUT2D eigenvalue weighted by molar-refractivity contribution is -0.137. The first kappa shape index (κ1) is 20.9. The molecule has 2 heterocycles. The third kappa shape index (κ3) is 4.60. The number of alkyl halides is 3. The van der Waals surface area contributed by atoms with Gasteiger partial charge in [-0.05, 0) is 39.5 Å². The third-order valence-corrected chi connectivity index (χ3v) is 4.85. The van der Waals surface area contributed by atoms with E-state index in [0.29, 0.717) is 23.8 Å². The summed E-state index contributed by atoms with van der Waals surface area (Å²) in [6, 6.07) is 0. The van der Waals surface area contributed by atoms with Gasteiger partial charge in [-0.1, -0.05) is 0 Å². The molecule has 0 saturated heterocycles. The van der Waals surface area contributed by atoms with Crippen LogP contribution < -0.4 is 16.0 Å². The summed E-state index contributed by atoms with van der Waals surface area (Å²) >= 11 is 0. The van der Waals surface area contributed by atoms with Crippen molar-refractivity contribution < 1.29 is 18.0 Å². The quantitative estimate of drug-likeness (QED) is 0.648. The van der Waals surface area contributed by atoms with Crippen LogP contribution in [0.1, 0.15) is 37.9 Å². The van der Waals surface area contributed by atoms with E-state index in [0.717, 1.165) is 19.0 Å². The minimum atomic E-state index is -4.56. The van der Waals surface area contributed by atoms with E-state index < -0.39 is 17.3 Å². The van der Waals surface area contributed by atoms with Crippen LogP contribution in [0.4, 0.5) is 30.6 Å². The number of aryl methyl sites for hydroxylation is 1. The summed E-state index contributed by atoms with van der Waals surface area (Å²) in [5.41, 5.74) is -0.833. The number of aromatic nitrogens is 4. The van der Waals surface area contributed by atoms with Crippen molar-refractivity contribution in [3.8, 4) is 0 Å². The summed E-state index contributed by atoms with van der Waals surface area (Å²) in [6.45, 7) is 5.87. The Bertz CT molecular complexity index is 903. The lowest BCUT2D eigenvalue weighted by Gasteiger charge is -2.24. The average molecular weight is 411 g/mol. The van der Waals surface area contributed by atoms with Crippen molar-refractivity contribution in [2.45, 2.75) is 45.3 Å². The molecule has 0 spiro atoms. The predicted molar refractivity (Wildman–Crippen MR) is 102 cm³/mol. The first-order chi connectivity index (χ1) is 13.5. The molecule has 1 saturated carbocycles. The Morgan fingerprint density at radius 2 is 2.00 bits per heavy atom. The first-order valence-electron chi connectivity index (χ1n) is 9.26. The molecule has 0 radical (unpaired) electrons. The Labute approximate surface area is 166 Å². The van der Waals surface area contributed by atoms with Gasteiger partial charge in [0.15, 0.2) is 0 Å². The molecular weight excluding hydrogens is 387 g/mol. The number of carbonyl (C=O) groups is 1. The average Bonchev–Trinajstić information content (AvgIpc) is 3.41. The summed E-state index contributed by atoms with van der Waals surface area (Å²) in [5, 5.41) is 12.6. The van der Waals surface area contributed by atoms with Gasteiger partial charge in [0.2, 0.25) is 11.9 Å². The van der Waals surface area contributed by atoms with Gasteiger partial charge in [-0.2, -0.15) is 23.3 Å². The van der Waals surface area contributed by atoms with E-state index in [4.69, 9.17) is 0 Å². The van der Waals surface area contributed by atoms with Crippen molar-refractivity contribution in [3.05, 3.63) is 23.7 Å². The molecule has 1 fully saturated rings. The predicted octanol–water partition coefficient (Wildman–Crippen LogP) is 3.05. The summed E-state index contributed by atoms with van der Waals surface area (Å²) in [5.74, 6) is 0.0621. The number of amides is 1. The van der Waals surface area contributed by atoms with Crippen LogP contribution in [0.15, 0.2) is 12.4 Å². The maximum Gasteiger partial charge on any atom is 0.421 e. The van der Waals surface area contributed by atoms with Crippen molar-refractivity contribution in [2.24, 2.45) is 5.92 Å². The number of nitrogens with one attached hydrogen (secondary N) is 3. The van der Waals surface area contributed by atoms with E-state index in [1.807, 2.05) is 0 Å². The van der Waals surface area contributed by atoms with E-state index in [-0.39, 0.29) is 17.7 Å². The standard InChI is InChI=1S/C18H24F3N7O/c1-10-13(25-16-24-8-12(18(19,20)21)14(22-4)26-16)9-28(27-10)17(2,3)15(29)23-7-11-5-6-11/h8-9,11H,5-7H2,1-4H3,(H,23,29)(H2,22,24,25,26). The molecule has 8 nitrogen and oxygen atoms in total. The molecule has 11 heteroatoms. The normalized spacial score (nSPS) is 14.6. The van der Waals surface area contributed by atoms with Crippen molar-refractivity contribution in [2.75, 3.05) is 24.2 Å². The van der Waals surface area contributed by atoms with Gasteiger partial charge in [-0.3, -0.25) is 9.48 Å². The van der Waals surface area contributed by atoms with Crippen molar-refractivity contribution in [1.29, 1.82) is 0 Å². The highest BCUT2D eigenvalue weighted by atomic mass is 19.4. The molecule has 0 aliphatic heterocycles. The summed E-state index contributed by atoms with van der Waals surface area (Å²) in [6.07, 6.45) is 0.0482. The maximum absolute atomic E-state index is 13.0. The number of hydrogen-bond acceptors (Lipinski definition) is 6. The third-order valence-electron chi connectivity index (χ3n) is 4.85. The topological polar surface area (TPSA) is 96.8 Å². The molecule has 3 N–H and O–H groups in total. The minimum absolute atomic E-state index is 0.0130. The molecule has 0 aromatic carbocycles. The highest BCUT2D eigenvalue weighted by Gasteiger charge is 2.35. The molecule has 1 aliphatic rings. The number of halogens is 3. The number of carbonyl (C=O) groups excluding carboxylic acids is 1. The van der Waals surface area contributed by atoms with Gasteiger partial charge >= 0.3 is 6.18 Å². The molecule has 1 amide bonds. The van der Waals surface area contributed by atoms with Crippen molar-refractivity contribution in [1.82, 2.24) is 25.1 Å². The zero-order chi connectivity index (χ0) is 21.4. The van der Waals surface area contributed by atoms with Crippen LogP contribution in [-0.4, -0.2) is 39.2 Å². The van der Waals surface area contributed by atoms with Crippen LogP contribution >= 0.6 is 0 Å². The molecule has 1 aliphatic carbocycles. The second kappa shape index (κ2) is 7.53. The van der Waals surface area contributed by atoms with E-state index in [9.17, 15) is 18.0 Å². The van der Waals surface area contributed by atoms with Gasteiger partial charge in [0.1, 0.15) is 16.9 Å². The molecule has 29 heavy (non-hydrogen) atoms.